The Morgan fingerprint density at radius 2 is 1.29 bits per heavy atom. The summed E-state index contributed by atoms with van der Waals surface area (Å²) < 4.78 is 0. The van der Waals surface area contributed by atoms with Crippen molar-refractivity contribution in [3.05, 3.63) is 12.2 Å². The van der Waals surface area contributed by atoms with Crippen molar-refractivity contribution in [1.29, 1.82) is 0 Å². The molecule has 3 saturated heterocycles. The van der Waals surface area contributed by atoms with Gasteiger partial charge in [-0.2, -0.15) is 0 Å². The zero-order chi connectivity index (χ0) is 25.2. The van der Waals surface area contributed by atoms with Crippen LogP contribution in [0.15, 0.2) is 12.2 Å². The maximum absolute atomic E-state index is 11.9. The lowest BCUT2D eigenvalue weighted by Gasteiger charge is -2.40. The molecule has 13 nitrogen and oxygen atoms in total. The fourth-order valence-corrected chi connectivity index (χ4v) is 4.78. The summed E-state index contributed by atoms with van der Waals surface area (Å²) in [6.45, 7) is 7.76. The molecule has 196 valence electrons. The van der Waals surface area contributed by atoms with Crippen LogP contribution in [0.1, 0.15) is 13.3 Å². The Kier molecular flexibility index (Phi) is 10.3. The quantitative estimate of drug-likeness (QED) is 0.0964. The Bertz CT molecular complexity index is 751. The van der Waals surface area contributed by atoms with Gasteiger partial charge in [-0.25, -0.2) is 0 Å². The topological polar surface area (TPSA) is 163 Å². The molecule has 35 heavy (non-hydrogen) atoms. The van der Waals surface area contributed by atoms with Gasteiger partial charge >= 0.3 is 0 Å². The summed E-state index contributed by atoms with van der Waals surface area (Å²) in [5, 5.41) is 30.9. The number of thiocarbonyl (C=S) groups is 1. The maximum atomic E-state index is 11.9. The van der Waals surface area contributed by atoms with Crippen LogP contribution in [0.25, 0.3) is 0 Å². The Morgan fingerprint density at radius 3 is 1.71 bits per heavy atom. The van der Waals surface area contributed by atoms with E-state index in [1.54, 1.807) is 0 Å². The summed E-state index contributed by atoms with van der Waals surface area (Å²) in [4.78, 5) is 36.4. The van der Waals surface area contributed by atoms with Crippen LogP contribution in [0.5, 0.6) is 0 Å². The van der Waals surface area contributed by atoms with Crippen molar-refractivity contribution in [2.45, 2.75) is 24.4 Å². The minimum atomic E-state index is -0.462. The smallest absolute Gasteiger partial charge is 0.253 e. The van der Waals surface area contributed by atoms with E-state index in [4.69, 9.17) is 12.2 Å². The predicted molar refractivity (Wildman–Crippen MR) is 136 cm³/mol. The van der Waals surface area contributed by atoms with E-state index in [1.807, 2.05) is 0 Å². The first kappa shape index (κ1) is 27.4. The zero-order valence-corrected chi connectivity index (χ0v) is 21.0. The van der Waals surface area contributed by atoms with Crippen LogP contribution in [0.4, 0.5) is 0 Å². The second kappa shape index (κ2) is 13.2. The van der Waals surface area contributed by atoms with Crippen LogP contribution in [0.3, 0.4) is 0 Å². The van der Waals surface area contributed by atoms with E-state index < -0.39 is 11.1 Å². The minimum Gasteiger partial charge on any atom is -0.363 e. The molecule has 4 aliphatic heterocycles. The molecule has 0 spiro atoms. The third kappa shape index (κ3) is 8.45. The molecule has 4 heterocycles. The highest BCUT2D eigenvalue weighted by atomic mass is 32.1. The molecule has 0 aromatic heterocycles. The summed E-state index contributed by atoms with van der Waals surface area (Å²) in [5.74, 6) is -0.614. The van der Waals surface area contributed by atoms with E-state index in [1.165, 1.54) is 24.0 Å². The van der Waals surface area contributed by atoms with Crippen molar-refractivity contribution < 1.29 is 14.4 Å². The number of nitrogens with zero attached hydrogens (tertiary/aromatic N) is 1. The highest BCUT2D eigenvalue weighted by molar-refractivity contribution is 7.80. The van der Waals surface area contributed by atoms with E-state index in [0.29, 0.717) is 83.9 Å². The molecule has 0 radical (unpaired) electrons. The predicted octanol–water partition coefficient (Wildman–Crippen LogP) is -4.18. The minimum absolute atomic E-state index is 0.0667. The Morgan fingerprint density at radius 1 is 0.857 bits per heavy atom. The molecule has 0 unspecified atom stereocenters. The van der Waals surface area contributed by atoms with Gasteiger partial charge in [0.1, 0.15) is 0 Å². The van der Waals surface area contributed by atoms with Gasteiger partial charge in [-0.3, -0.25) is 19.3 Å². The molecular weight excluding hydrogens is 472 g/mol. The van der Waals surface area contributed by atoms with Crippen molar-refractivity contribution in [3.8, 4) is 0 Å². The van der Waals surface area contributed by atoms with Gasteiger partial charge in [-0.15, -0.1) is 0 Å². The van der Waals surface area contributed by atoms with Gasteiger partial charge in [-0.1, -0.05) is 0 Å². The number of fused-ring (bicyclic) bond motifs is 12. The number of rotatable bonds is 6. The van der Waals surface area contributed by atoms with Gasteiger partial charge in [0.2, 0.25) is 5.91 Å². The Labute approximate surface area is 211 Å². The summed E-state index contributed by atoms with van der Waals surface area (Å²) >= 11 is 5.58. The second-order valence-electron chi connectivity index (χ2n) is 9.23. The number of hydrogen-bond donors (Lipinski definition) is 9. The van der Waals surface area contributed by atoms with Gasteiger partial charge in [0.25, 0.3) is 11.8 Å². The van der Waals surface area contributed by atoms with Gasteiger partial charge in [0, 0.05) is 91.4 Å². The van der Waals surface area contributed by atoms with Gasteiger partial charge in [0.05, 0.1) is 11.1 Å². The molecule has 4 aliphatic rings. The number of imide groups is 1. The zero-order valence-electron chi connectivity index (χ0n) is 20.2. The molecule has 3 amide bonds. The van der Waals surface area contributed by atoms with Gasteiger partial charge < -0.3 is 47.9 Å². The molecular formula is C21H38N10O3S. The van der Waals surface area contributed by atoms with Crippen molar-refractivity contribution >= 4 is 35.1 Å². The van der Waals surface area contributed by atoms with Crippen molar-refractivity contribution in [1.82, 2.24) is 52.8 Å². The molecule has 9 N–H and O–H groups in total. The highest BCUT2D eigenvalue weighted by Gasteiger charge is 2.34. The summed E-state index contributed by atoms with van der Waals surface area (Å²) in [6.07, 6.45) is 3.18. The monoisotopic (exact) mass is 510 g/mol. The van der Waals surface area contributed by atoms with E-state index in [9.17, 15) is 14.4 Å². The van der Waals surface area contributed by atoms with Crippen LogP contribution in [0, 0.1) is 0 Å². The standard InChI is InChI=1S/C21H38N10O3S/c1-16(32)29-20-7-22-13-25-10-21(11-26-14-23-8-20,12-27-15-24-9-20)30-19(35)28-5-2-6-31-17(33)3-4-18(31)34/h3-4,22-27H,2,5-15H2,1H3,(H,29,32)(H2,28,30,35). The molecule has 0 saturated carbocycles. The normalized spacial score (nSPS) is 28.3. The average Bonchev–Trinajstić information content (AvgIpc) is 3.10. The van der Waals surface area contributed by atoms with Crippen LogP contribution < -0.4 is 47.9 Å². The second-order valence-corrected chi connectivity index (χ2v) is 9.64. The van der Waals surface area contributed by atoms with E-state index in [0.717, 1.165) is 0 Å². The third-order valence-electron chi connectivity index (χ3n) is 6.09. The fourth-order valence-electron chi connectivity index (χ4n) is 4.47. The number of amides is 3. The fraction of sp³-hybridized carbons (Fsp3) is 0.714. The summed E-state index contributed by atoms with van der Waals surface area (Å²) in [5.41, 5.74) is -0.885. The molecule has 0 aliphatic carbocycles. The first-order valence-electron chi connectivity index (χ1n) is 12.0. The highest BCUT2D eigenvalue weighted by Crippen LogP contribution is 2.06. The lowest BCUT2D eigenvalue weighted by Crippen LogP contribution is -2.71. The Balaban J connectivity index is 1.56. The van der Waals surface area contributed by atoms with E-state index in [-0.39, 0.29) is 17.7 Å². The number of carbonyl (C=O) groups is 3. The van der Waals surface area contributed by atoms with Crippen molar-refractivity contribution in [3.63, 3.8) is 0 Å². The lowest BCUT2D eigenvalue weighted by atomic mass is 9.97. The molecule has 0 aromatic carbocycles. The largest absolute Gasteiger partial charge is 0.363 e. The van der Waals surface area contributed by atoms with E-state index in [2.05, 4.69) is 47.9 Å². The lowest BCUT2D eigenvalue weighted by molar-refractivity contribution is -0.136. The molecule has 4 rings (SSSR count). The number of nitrogens with one attached hydrogen (secondary N) is 9. The number of hydrogen-bond acceptors (Lipinski definition) is 10. The van der Waals surface area contributed by atoms with Crippen LogP contribution >= 0.6 is 12.2 Å². The summed E-state index contributed by atoms with van der Waals surface area (Å²) in [7, 11) is 0. The first-order chi connectivity index (χ1) is 16.8. The summed E-state index contributed by atoms with van der Waals surface area (Å²) in [6, 6.07) is 0. The van der Waals surface area contributed by atoms with Gasteiger partial charge in [-0.05, 0) is 18.6 Å². The molecule has 2 bridgehead atoms. The molecule has 3 fully saturated rings. The average molecular weight is 511 g/mol. The SMILES string of the molecule is CC(=O)NC12CNCNCC(NC(=S)NCCCN3C(=O)C=CC3=O)(CNCNC1)CNCNC2. The van der Waals surface area contributed by atoms with Crippen LogP contribution in [0.2, 0.25) is 0 Å². The third-order valence-corrected chi connectivity index (χ3v) is 6.34. The Hall–Kier alpha value is -2.20. The number of carbonyl (C=O) groups excluding carboxylic acids is 3. The van der Waals surface area contributed by atoms with Crippen molar-refractivity contribution in [2.75, 3.05) is 72.4 Å². The van der Waals surface area contributed by atoms with E-state index >= 15 is 0 Å². The molecule has 14 heteroatoms. The van der Waals surface area contributed by atoms with Gasteiger partial charge in [0.15, 0.2) is 5.11 Å². The van der Waals surface area contributed by atoms with Crippen LogP contribution in [-0.2, 0) is 14.4 Å². The van der Waals surface area contributed by atoms with Crippen molar-refractivity contribution in [2.24, 2.45) is 0 Å². The van der Waals surface area contributed by atoms with Crippen LogP contribution in [-0.4, -0.2) is 111 Å². The molecule has 0 aromatic rings. The maximum Gasteiger partial charge on any atom is 0.253 e. The first-order valence-corrected chi connectivity index (χ1v) is 12.4. The molecule has 0 atom stereocenters.